The third-order valence-electron chi connectivity index (χ3n) is 3.25. The van der Waals surface area contributed by atoms with Crippen LogP contribution in [0.1, 0.15) is 12.8 Å². The summed E-state index contributed by atoms with van der Waals surface area (Å²) in [4.78, 5) is 10.7. The van der Waals surface area contributed by atoms with E-state index in [-0.39, 0.29) is 11.8 Å². The van der Waals surface area contributed by atoms with Crippen molar-refractivity contribution in [2.24, 2.45) is 17.8 Å². The molecule has 2 saturated carbocycles. The highest BCUT2D eigenvalue weighted by Crippen LogP contribution is 2.48. The number of rotatable bonds is 1. The Hall–Kier alpha value is -0.610. The van der Waals surface area contributed by atoms with E-state index in [0.29, 0.717) is 12.8 Å². The second kappa shape index (κ2) is 2.44. The lowest BCUT2D eigenvalue weighted by atomic mass is 9.87. The van der Waals surface area contributed by atoms with E-state index in [1.165, 1.54) is 0 Å². The zero-order valence-corrected chi connectivity index (χ0v) is 6.55. The molecule has 4 heteroatoms. The molecule has 2 bridgehead atoms. The number of carboxylic acids is 1. The third-order valence-corrected chi connectivity index (χ3v) is 3.25. The van der Waals surface area contributed by atoms with E-state index in [9.17, 15) is 15.0 Å². The molecule has 12 heavy (non-hydrogen) atoms. The maximum absolute atomic E-state index is 10.7. The van der Waals surface area contributed by atoms with E-state index < -0.39 is 24.1 Å². The van der Waals surface area contributed by atoms with Crippen molar-refractivity contribution >= 4 is 5.97 Å². The molecule has 0 aromatic rings. The summed E-state index contributed by atoms with van der Waals surface area (Å²) >= 11 is 0. The van der Waals surface area contributed by atoms with Crippen molar-refractivity contribution in [3.05, 3.63) is 0 Å². The van der Waals surface area contributed by atoms with Gasteiger partial charge in [0.1, 0.15) is 0 Å². The first kappa shape index (κ1) is 8.01. The van der Waals surface area contributed by atoms with Crippen molar-refractivity contribution in [2.75, 3.05) is 0 Å². The molecule has 0 aromatic carbocycles. The number of carbonyl (C=O) groups is 1. The van der Waals surface area contributed by atoms with Crippen molar-refractivity contribution in [1.29, 1.82) is 0 Å². The molecule has 1 unspecified atom stereocenters. The molecule has 0 heterocycles. The number of aliphatic hydroxyl groups excluding tert-OH is 2. The Morgan fingerprint density at radius 2 is 1.83 bits per heavy atom. The Kier molecular flexibility index (Phi) is 1.63. The van der Waals surface area contributed by atoms with E-state index in [1.54, 1.807) is 0 Å². The van der Waals surface area contributed by atoms with Crippen molar-refractivity contribution in [3.63, 3.8) is 0 Å². The first-order chi connectivity index (χ1) is 5.61. The Balaban J connectivity index is 2.16. The van der Waals surface area contributed by atoms with Gasteiger partial charge in [-0.05, 0) is 12.8 Å². The minimum absolute atomic E-state index is 0.198. The zero-order chi connectivity index (χ0) is 8.88. The number of hydrogen-bond donors (Lipinski definition) is 3. The molecule has 0 spiro atoms. The number of fused-ring (bicyclic) bond motifs is 2. The molecule has 2 aliphatic rings. The smallest absolute Gasteiger partial charge is 0.306 e. The van der Waals surface area contributed by atoms with E-state index >= 15 is 0 Å². The fourth-order valence-electron chi connectivity index (χ4n) is 2.59. The number of carboxylic acid groups (broad SMARTS) is 1. The SMILES string of the molecule is O=C(O)[C@H]1C[C@H]2C(O)[C@H]1C[C@@H]2O. The molecular formula is C8H12O4. The van der Waals surface area contributed by atoms with Crippen LogP contribution in [0.2, 0.25) is 0 Å². The Morgan fingerprint density at radius 1 is 1.17 bits per heavy atom. The lowest BCUT2D eigenvalue weighted by Gasteiger charge is -2.20. The zero-order valence-electron chi connectivity index (χ0n) is 6.55. The van der Waals surface area contributed by atoms with Crippen LogP contribution in [0.5, 0.6) is 0 Å². The minimum Gasteiger partial charge on any atom is -0.481 e. The fourth-order valence-corrected chi connectivity index (χ4v) is 2.59. The predicted molar refractivity (Wildman–Crippen MR) is 39.4 cm³/mol. The fraction of sp³-hybridized carbons (Fsp3) is 0.875. The average Bonchev–Trinajstić information content (AvgIpc) is 2.42. The lowest BCUT2D eigenvalue weighted by molar-refractivity contribution is -0.144. The largest absolute Gasteiger partial charge is 0.481 e. The van der Waals surface area contributed by atoms with Crippen LogP contribution in [-0.4, -0.2) is 33.5 Å². The standard InChI is InChI=1S/C8H12O4/c9-6-2-3-4(8(11)12)1-5(6)7(3)10/h3-7,9-10H,1-2H2,(H,11,12)/t3-,4-,5+,6-,7?/m0/s1. The quantitative estimate of drug-likeness (QED) is 0.496. The van der Waals surface area contributed by atoms with Crippen molar-refractivity contribution in [2.45, 2.75) is 25.0 Å². The van der Waals surface area contributed by atoms with Crippen LogP contribution in [0, 0.1) is 17.8 Å². The summed E-state index contributed by atoms with van der Waals surface area (Å²) in [7, 11) is 0. The van der Waals surface area contributed by atoms with Crippen LogP contribution >= 0.6 is 0 Å². The van der Waals surface area contributed by atoms with Crippen LogP contribution in [0.3, 0.4) is 0 Å². The molecule has 2 aliphatic carbocycles. The third kappa shape index (κ3) is 0.881. The van der Waals surface area contributed by atoms with Crippen molar-refractivity contribution in [3.8, 4) is 0 Å². The predicted octanol–water partition coefficient (Wildman–Crippen LogP) is -0.551. The number of aliphatic hydroxyl groups is 2. The Labute approximate surface area is 69.8 Å². The summed E-state index contributed by atoms with van der Waals surface area (Å²) in [5.41, 5.74) is 0. The molecule has 0 aliphatic heterocycles. The van der Waals surface area contributed by atoms with E-state index in [2.05, 4.69) is 0 Å². The maximum atomic E-state index is 10.7. The van der Waals surface area contributed by atoms with Gasteiger partial charge in [-0.3, -0.25) is 4.79 Å². The van der Waals surface area contributed by atoms with Gasteiger partial charge in [0, 0.05) is 11.8 Å². The monoisotopic (exact) mass is 172 g/mol. The molecule has 0 aromatic heterocycles. The molecule has 68 valence electrons. The summed E-state index contributed by atoms with van der Waals surface area (Å²) in [6, 6.07) is 0. The molecule has 2 rings (SSSR count). The van der Waals surface area contributed by atoms with Gasteiger partial charge in [0.15, 0.2) is 0 Å². The summed E-state index contributed by atoms with van der Waals surface area (Å²) < 4.78 is 0. The second-order valence-corrected chi connectivity index (χ2v) is 3.80. The second-order valence-electron chi connectivity index (χ2n) is 3.80. The van der Waals surface area contributed by atoms with E-state index in [0.717, 1.165) is 0 Å². The van der Waals surface area contributed by atoms with Gasteiger partial charge >= 0.3 is 5.97 Å². The van der Waals surface area contributed by atoms with Crippen LogP contribution < -0.4 is 0 Å². The van der Waals surface area contributed by atoms with Crippen molar-refractivity contribution in [1.82, 2.24) is 0 Å². The number of hydrogen-bond acceptors (Lipinski definition) is 3. The highest BCUT2D eigenvalue weighted by molar-refractivity contribution is 5.71. The van der Waals surface area contributed by atoms with Gasteiger partial charge in [0.05, 0.1) is 18.1 Å². The Bertz CT molecular complexity index is 215. The van der Waals surface area contributed by atoms with Gasteiger partial charge in [-0.25, -0.2) is 0 Å². The van der Waals surface area contributed by atoms with Gasteiger partial charge in [0.25, 0.3) is 0 Å². The molecular weight excluding hydrogens is 160 g/mol. The molecule has 2 fully saturated rings. The highest BCUT2D eigenvalue weighted by Gasteiger charge is 2.54. The summed E-state index contributed by atoms with van der Waals surface area (Å²) in [5, 5.41) is 27.6. The minimum atomic E-state index is -0.839. The molecule has 0 radical (unpaired) electrons. The van der Waals surface area contributed by atoms with Crippen LogP contribution in [0.4, 0.5) is 0 Å². The van der Waals surface area contributed by atoms with E-state index in [4.69, 9.17) is 5.11 Å². The molecule has 4 nitrogen and oxygen atoms in total. The first-order valence-corrected chi connectivity index (χ1v) is 4.20. The normalized spacial score (nSPS) is 51.3. The van der Waals surface area contributed by atoms with Crippen molar-refractivity contribution < 1.29 is 20.1 Å². The maximum Gasteiger partial charge on any atom is 0.306 e. The summed E-state index contributed by atoms with van der Waals surface area (Å²) in [6.45, 7) is 0. The van der Waals surface area contributed by atoms with Gasteiger partial charge in [-0.1, -0.05) is 0 Å². The molecule has 0 saturated heterocycles. The van der Waals surface area contributed by atoms with Crippen LogP contribution in [-0.2, 0) is 4.79 Å². The highest BCUT2D eigenvalue weighted by atomic mass is 16.4. The molecule has 0 amide bonds. The van der Waals surface area contributed by atoms with Crippen LogP contribution in [0.15, 0.2) is 0 Å². The first-order valence-electron chi connectivity index (χ1n) is 4.20. The Morgan fingerprint density at radius 3 is 2.17 bits per heavy atom. The van der Waals surface area contributed by atoms with Gasteiger partial charge in [-0.15, -0.1) is 0 Å². The molecule has 3 N–H and O–H groups in total. The topological polar surface area (TPSA) is 77.8 Å². The average molecular weight is 172 g/mol. The van der Waals surface area contributed by atoms with Crippen LogP contribution in [0.25, 0.3) is 0 Å². The summed E-state index contributed by atoms with van der Waals surface area (Å²) in [6.07, 6.45) is -0.202. The van der Waals surface area contributed by atoms with E-state index in [1.807, 2.05) is 0 Å². The number of aliphatic carboxylic acids is 1. The summed E-state index contributed by atoms with van der Waals surface area (Å²) in [5.74, 6) is -1.69. The lowest BCUT2D eigenvalue weighted by Crippen LogP contribution is -2.26. The van der Waals surface area contributed by atoms with Gasteiger partial charge in [-0.2, -0.15) is 0 Å². The van der Waals surface area contributed by atoms with Gasteiger partial charge in [0.2, 0.25) is 0 Å². The molecule has 5 atom stereocenters. The van der Waals surface area contributed by atoms with Gasteiger partial charge < -0.3 is 15.3 Å².